The molecular formula is C29H32F3N3O5. The number of nitrogens with one attached hydrogen (secondary N) is 1. The summed E-state index contributed by atoms with van der Waals surface area (Å²) >= 11 is 0. The number of methoxy groups -OCH3 is 1. The third-order valence-electron chi connectivity index (χ3n) is 7.84. The predicted molar refractivity (Wildman–Crippen MR) is 141 cm³/mol. The number of hydrogen-bond donors (Lipinski definition) is 1. The summed E-state index contributed by atoms with van der Waals surface area (Å²) in [6, 6.07) is 7.05. The Labute approximate surface area is 229 Å². The van der Waals surface area contributed by atoms with Crippen molar-refractivity contribution in [3.8, 4) is 0 Å². The molecule has 0 bridgehead atoms. The van der Waals surface area contributed by atoms with Crippen LogP contribution in [0.25, 0.3) is 11.1 Å². The Hall–Kier alpha value is -3.60. The maximum Gasteiger partial charge on any atom is 0.308 e. The summed E-state index contributed by atoms with van der Waals surface area (Å²) < 4.78 is 60.0. The van der Waals surface area contributed by atoms with Gasteiger partial charge in [-0.25, -0.2) is 13.2 Å². The molecule has 40 heavy (non-hydrogen) atoms. The van der Waals surface area contributed by atoms with Crippen LogP contribution in [0.15, 0.2) is 34.7 Å². The average Bonchev–Trinajstić information content (AvgIpc) is 3.54. The first kappa shape index (κ1) is 27.9. The number of anilines is 2. The summed E-state index contributed by atoms with van der Waals surface area (Å²) in [7, 11) is 1.38. The van der Waals surface area contributed by atoms with Gasteiger partial charge in [-0.2, -0.15) is 4.98 Å². The second-order valence-corrected chi connectivity index (χ2v) is 10.5. The lowest BCUT2D eigenvalue weighted by Crippen LogP contribution is -2.40. The molecule has 3 aromatic rings. The van der Waals surface area contributed by atoms with Crippen LogP contribution >= 0.6 is 0 Å². The maximum absolute atomic E-state index is 15.4. The van der Waals surface area contributed by atoms with Gasteiger partial charge in [0.15, 0.2) is 11.4 Å². The number of benzene rings is 2. The van der Waals surface area contributed by atoms with E-state index in [1.54, 1.807) is 19.1 Å². The van der Waals surface area contributed by atoms with Crippen LogP contribution in [-0.4, -0.2) is 60.3 Å². The van der Waals surface area contributed by atoms with Crippen molar-refractivity contribution in [1.29, 1.82) is 0 Å². The van der Waals surface area contributed by atoms with Crippen LogP contribution in [0.3, 0.4) is 0 Å². The summed E-state index contributed by atoms with van der Waals surface area (Å²) in [5.41, 5.74) is 1.01. The molecule has 0 spiro atoms. The van der Waals surface area contributed by atoms with E-state index in [9.17, 15) is 18.4 Å². The highest BCUT2D eigenvalue weighted by atomic mass is 19.1. The van der Waals surface area contributed by atoms with E-state index in [4.69, 9.17) is 13.9 Å². The van der Waals surface area contributed by atoms with Crippen LogP contribution in [0, 0.1) is 24.5 Å². The fourth-order valence-electron chi connectivity index (χ4n) is 5.52. The van der Waals surface area contributed by atoms with E-state index in [0.29, 0.717) is 36.9 Å². The lowest BCUT2D eigenvalue weighted by molar-refractivity contribution is -0.148. The molecule has 1 amide bonds. The smallest absolute Gasteiger partial charge is 0.308 e. The van der Waals surface area contributed by atoms with Crippen molar-refractivity contribution < 1.29 is 36.7 Å². The van der Waals surface area contributed by atoms with Crippen molar-refractivity contribution >= 4 is 34.7 Å². The van der Waals surface area contributed by atoms with Gasteiger partial charge in [-0.15, -0.1) is 0 Å². The minimum Gasteiger partial charge on any atom is -0.469 e. The second-order valence-electron chi connectivity index (χ2n) is 10.5. The predicted octanol–water partition coefficient (Wildman–Crippen LogP) is 5.39. The second kappa shape index (κ2) is 11.9. The highest BCUT2D eigenvalue weighted by molar-refractivity contribution is 5.83. The fourth-order valence-corrected chi connectivity index (χ4v) is 5.52. The van der Waals surface area contributed by atoms with Gasteiger partial charge >= 0.3 is 5.97 Å². The first-order valence-electron chi connectivity index (χ1n) is 13.5. The molecule has 214 valence electrons. The molecule has 5 rings (SSSR count). The van der Waals surface area contributed by atoms with Gasteiger partial charge in [-0.1, -0.05) is 12.1 Å². The SMILES string of the molecule is COC(=O)[C@H]1CC[C@H](OC[C@@H]2C[C@H](F)CN2C(=O)Cc2ccc3nc(Nc4cccc(F)c4C)oc3c2F)CC1. The fraction of sp³-hybridized carbons (Fsp3) is 0.483. The van der Waals surface area contributed by atoms with Gasteiger partial charge in [0.05, 0.1) is 44.7 Å². The molecule has 2 atom stereocenters. The summed E-state index contributed by atoms with van der Waals surface area (Å²) in [4.78, 5) is 30.6. The molecule has 0 unspecified atom stereocenters. The van der Waals surface area contributed by atoms with Crippen LogP contribution in [-0.2, 0) is 25.5 Å². The van der Waals surface area contributed by atoms with Crippen LogP contribution in [0.2, 0.25) is 0 Å². The van der Waals surface area contributed by atoms with Crippen molar-refractivity contribution in [2.24, 2.45) is 5.92 Å². The number of oxazole rings is 1. The summed E-state index contributed by atoms with van der Waals surface area (Å²) in [6.07, 6.45) is 1.34. The highest BCUT2D eigenvalue weighted by Gasteiger charge is 2.37. The van der Waals surface area contributed by atoms with Gasteiger partial charge in [0.1, 0.15) is 17.5 Å². The number of alkyl halides is 1. The number of carbonyl (C=O) groups excluding carboxylic acids is 2. The highest BCUT2D eigenvalue weighted by Crippen LogP contribution is 2.31. The zero-order chi connectivity index (χ0) is 28.4. The number of esters is 1. The number of halogens is 3. The van der Waals surface area contributed by atoms with E-state index in [-0.39, 0.29) is 66.7 Å². The first-order chi connectivity index (χ1) is 19.2. The summed E-state index contributed by atoms with van der Waals surface area (Å²) in [5.74, 6) is -1.88. The van der Waals surface area contributed by atoms with Gasteiger partial charge in [0.2, 0.25) is 5.91 Å². The maximum atomic E-state index is 15.4. The van der Waals surface area contributed by atoms with Crippen LogP contribution in [0.5, 0.6) is 0 Å². The van der Waals surface area contributed by atoms with Crippen molar-refractivity contribution in [2.45, 2.75) is 63.8 Å². The van der Waals surface area contributed by atoms with E-state index in [1.807, 2.05) is 0 Å². The number of amides is 1. The number of hydrogen-bond acceptors (Lipinski definition) is 7. The van der Waals surface area contributed by atoms with Gasteiger partial charge < -0.3 is 24.1 Å². The normalized spacial score (nSPS) is 23.0. The molecule has 1 aliphatic carbocycles. The van der Waals surface area contributed by atoms with E-state index in [1.165, 1.54) is 30.2 Å². The minimum absolute atomic E-state index is 0.0104. The Morgan fingerprint density at radius 1 is 1.15 bits per heavy atom. The number of ether oxygens (including phenoxy) is 2. The van der Waals surface area contributed by atoms with Crippen molar-refractivity contribution in [1.82, 2.24) is 9.88 Å². The lowest BCUT2D eigenvalue weighted by atomic mass is 9.87. The molecule has 2 aliphatic rings. The summed E-state index contributed by atoms with van der Waals surface area (Å²) in [5, 5.41) is 2.86. The quantitative estimate of drug-likeness (QED) is 0.370. The molecule has 1 saturated heterocycles. The zero-order valence-electron chi connectivity index (χ0n) is 22.4. The van der Waals surface area contributed by atoms with E-state index in [2.05, 4.69) is 10.3 Å². The number of fused-ring (bicyclic) bond motifs is 1. The van der Waals surface area contributed by atoms with E-state index >= 15 is 4.39 Å². The average molecular weight is 560 g/mol. The molecule has 2 heterocycles. The number of carbonyl (C=O) groups is 2. The van der Waals surface area contributed by atoms with Crippen LogP contribution in [0.4, 0.5) is 24.9 Å². The molecular weight excluding hydrogens is 527 g/mol. The third-order valence-corrected chi connectivity index (χ3v) is 7.84. The van der Waals surface area contributed by atoms with E-state index in [0.717, 1.165) is 0 Å². The summed E-state index contributed by atoms with van der Waals surface area (Å²) in [6.45, 7) is 1.70. The van der Waals surface area contributed by atoms with E-state index < -0.39 is 29.8 Å². The monoisotopic (exact) mass is 559 g/mol. The molecule has 0 radical (unpaired) electrons. The minimum atomic E-state index is -1.19. The molecule has 2 fully saturated rings. The number of rotatable bonds is 8. The Balaban J connectivity index is 1.22. The third kappa shape index (κ3) is 5.94. The Morgan fingerprint density at radius 2 is 1.93 bits per heavy atom. The number of nitrogens with zero attached hydrogens (tertiary/aromatic N) is 2. The van der Waals surface area contributed by atoms with Crippen molar-refractivity contribution in [3.05, 3.63) is 53.1 Å². The first-order valence-corrected chi connectivity index (χ1v) is 13.5. The molecule has 1 aromatic heterocycles. The van der Waals surface area contributed by atoms with Crippen molar-refractivity contribution in [3.63, 3.8) is 0 Å². The molecule has 8 nitrogen and oxygen atoms in total. The number of likely N-dealkylation sites (tertiary alicyclic amines) is 1. The standard InChI is InChI=1S/C29H32F3N3O5/c1-16-22(31)4-3-5-23(16)33-29-34-24-11-8-18(26(32)27(24)40-29)12-25(36)35-14-19(30)13-20(35)15-39-21-9-6-17(7-10-21)28(37)38-2/h3-5,8,11,17,19-21H,6-7,9-10,12-15H2,1-2H3,(H,33,34)/t17-,19-,20-,21-/m0/s1. The Bertz CT molecular complexity index is 1390. The molecule has 11 heteroatoms. The molecule has 1 aliphatic heterocycles. The van der Waals surface area contributed by atoms with Gasteiger partial charge in [0, 0.05) is 23.2 Å². The molecule has 1 saturated carbocycles. The Kier molecular flexibility index (Phi) is 8.30. The Morgan fingerprint density at radius 3 is 2.67 bits per heavy atom. The number of aromatic nitrogens is 1. The molecule has 1 N–H and O–H groups in total. The van der Waals surface area contributed by atoms with Crippen molar-refractivity contribution in [2.75, 3.05) is 25.6 Å². The lowest BCUT2D eigenvalue weighted by Gasteiger charge is -2.30. The van der Waals surface area contributed by atoms with Gasteiger partial charge in [-0.3, -0.25) is 9.59 Å². The topological polar surface area (TPSA) is 93.9 Å². The van der Waals surface area contributed by atoms with Crippen LogP contribution < -0.4 is 5.32 Å². The van der Waals surface area contributed by atoms with Crippen LogP contribution in [0.1, 0.15) is 43.2 Å². The van der Waals surface area contributed by atoms with Gasteiger partial charge in [-0.05, 0) is 50.8 Å². The molecule has 2 aromatic carbocycles. The largest absolute Gasteiger partial charge is 0.469 e. The zero-order valence-corrected chi connectivity index (χ0v) is 22.4. The van der Waals surface area contributed by atoms with Gasteiger partial charge in [0.25, 0.3) is 6.01 Å².